The summed E-state index contributed by atoms with van der Waals surface area (Å²) in [6, 6.07) is 17.3. The predicted octanol–water partition coefficient (Wildman–Crippen LogP) is 4.86. The predicted molar refractivity (Wildman–Crippen MR) is 123 cm³/mol. The summed E-state index contributed by atoms with van der Waals surface area (Å²) in [6.45, 7) is 4.94. The van der Waals surface area contributed by atoms with Gasteiger partial charge < -0.3 is 14.8 Å². The lowest BCUT2D eigenvalue weighted by Crippen LogP contribution is -2.45. The van der Waals surface area contributed by atoms with E-state index in [4.69, 9.17) is 9.47 Å². The van der Waals surface area contributed by atoms with Crippen LogP contribution in [0.1, 0.15) is 36.4 Å². The molecule has 1 saturated carbocycles. The maximum Gasteiger partial charge on any atom is 0.161 e. The monoisotopic (exact) mass is 438 g/mol. The van der Waals surface area contributed by atoms with Crippen molar-refractivity contribution in [1.82, 2.24) is 10.2 Å². The second kappa shape index (κ2) is 11.7. The summed E-state index contributed by atoms with van der Waals surface area (Å²) in [5.41, 5.74) is 2.52. The molecule has 2 aliphatic rings. The Balaban J connectivity index is 0.00000150. The topological polar surface area (TPSA) is 33.7 Å². The molecule has 1 heterocycles. The molecule has 1 N–H and O–H groups in total. The quantitative estimate of drug-likeness (QED) is 0.637. The van der Waals surface area contributed by atoms with Gasteiger partial charge in [-0.1, -0.05) is 49.2 Å². The van der Waals surface area contributed by atoms with E-state index in [1.54, 1.807) is 7.11 Å². The zero-order chi connectivity index (χ0) is 18.5. The molecule has 0 spiro atoms. The molecule has 2 aromatic carbocycles. The molecule has 0 amide bonds. The van der Waals surface area contributed by atoms with Crippen LogP contribution < -0.4 is 14.8 Å². The molecule has 1 atom stereocenters. The van der Waals surface area contributed by atoms with Crippen molar-refractivity contribution in [3.8, 4) is 11.5 Å². The van der Waals surface area contributed by atoms with Crippen LogP contribution in [0.3, 0.4) is 0 Å². The van der Waals surface area contributed by atoms with E-state index >= 15 is 0 Å². The molecule has 0 radical (unpaired) electrons. The molecule has 0 bridgehead atoms. The van der Waals surface area contributed by atoms with Crippen LogP contribution in [0.4, 0.5) is 0 Å². The molecular formula is C23H32Cl2N2O2. The third-order valence-electron chi connectivity index (χ3n) is 5.66. The summed E-state index contributed by atoms with van der Waals surface area (Å²) >= 11 is 0. The molecule has 4 nitrogen and oxygen atoms in total. The van der Waals surface area contributed by atoms with Gasteiger partial charge in [0, 0.05) is 32.2 Å². The molecule has 1 aliphatic heterocycles. The van der Waals surface area contributed by atoms with Gasteiger partial charge in [0.2, 0.25) is 0 Å². The third kappa shape index (κ3) is 6.51. The van der Waals surface area contributed by atoms with Crippen molar-refractivity contribution in [3.05, 3.63) is 59.7 Å². The first kappa shape index (κ1) is 23.8. The Bertz CT molecular complexity index is 735. The third-order valence-corrected chi connectivity index (χ3v) is 5.66. The lowest BCUT2D eigenvalue weighted by atomic mass is 9.98. The standard InChI is InChI=1S/C23H30N2O2.2ClH/c1-26-22-10-9-20(16-23(22)27-17-19-5-3-2-4-6-19)21(15-18-7-8-18)25-13-11-24-12-14-25;;/h2-6,9-10,16,18,21,24H,7-8,11-15,17H2,1H3;2*1H/t21-;;/m1../s1. The summed E-state index contributed by atoms with van der Waals surface area (Å²) in [5.74, 6) is 2.54. The number of nitrogens with one attached hydrogen (secondary N) is 1. The summed E-state index contributed by atoms with van der Waals surface area (Å²) in [7, 11) is 1.71. The van der Waals surface area contributed by atoms with Crippen LogP contribution in [0, 0.1) is 5.92 Å². The van der Waals surface area contributed by atoms with Gasteiger partial charge in [0.05, 0.1) is 7.11 Å². The van der Waals surface area contributed by atoms with Crippen molar-refractivity contribution in [2.75, 3.05) is 33.3 Å². The smallest absolute Gasteiger partial charge is 0.161 e. The number of hydrogen-bond donors (Lipinski definition) is 1. The zero-order valence-corrected chi connectivity index (χ0v) is 18.6. The van der Waals surface area contributed by atoms with E-state index in [-0.39, 0.29) is 24.8 Å². The van der Waals surface area contributed by atoms with E-state index in [1.165, 1.54) is 30.4 Å². The number of ether oxygens (including phenoxy) is 2. The number of benzene rings is 2. The molecule has 160 valence electrons. The average Bonchev–Trinajstić information content (AvgIpc) is 3.56. The van der Waals surface area contributed by atoms with Crippen LogP contribution in [0.5, 0.6) is 11.5 Å². The van der Waals surface area contributed by atoms with Crippen LogP contribution in [0.15, 0.2) is 48.5 Å². The van der Waals surface area contributed by atoms with Gasteiger partial charge in [0.15, 0.2) is 11.5 Å². The maximum absolute atomic E-state index is 6.16. The Hall–Kier alpha value is -1.46. The molecule has 1 saturated heterocycles. The highest BCUT2D eigenvalue weighted by Crippen LogP contribution is 2.42. The number of piperazine rings is 1. The number of hydrogen-bond acceptors (Lipinski definition) is 4. The number of methoxy groups -OCH3 is 1. The Kier molecular flexibility index (Phi) is 9.57. The van der Waals surface area contributed by atoms with E-state index < -0.39 is 0 Å². The summed E-state index contributed by atoms with van der Waals surface area (Å²) in [5, 5.41) is 3.47. The minimum absolute atomic E-state index is 0. The minimum Gasteiger partial charge on any atom is -0.493 e. The largest absolute Gasteiger partial charge is 0.493 e. The normalized spacial score (nSPS) is 17.6. The molecule has 0 unspecified atom stereocenters. The van der Waals surface area contributed by atoms with E-state index in [2.05, 4.69) is 40.5 Å². The van der Waals surface area contributed by atoms with Gasteiger partial charge in [-0.05, 0) is 35.6 Å². The fraction of sp³-hybridized carbons (Fsp3) is 0.478. The van der Waals surface area contributed by atoms with Crippen molar-refractivity contribution < 1.29 is 9.47 Å². The van der Waals surface area contributed by atoms with Gasteiger partial charge >= 0.3 is 0 Å². The second-order valence-corrected chi connectivity index (χ2v) is 7.67. The molecule has 4 rings (SSSR count). The molecule has 6 heteroatoms. The number of halogens is 2. The highest BCUT2D eigenvalue weighted by Gasteiger charge is 2.30. The van der Waals surface area contributed by atoms with Gasteiger partial charge in [-0.2, -0.15) is 0 Å². The minimum atomic E-state index is 0. The average molecular weight is 439 g/mol. The fourth-order valence-corrected chi connectivity index (χ4v) is 3.91. The fourth-order valence-electron chi connectivity index (χ4n) is 3.91. The van der Waals surface area contributed by atoms with Gasteiger partial charge in [-0.15, -0.1) is 24.8 Å². The Labute approximate surface area is 186 Å². The summed E-state index contributed by atoms with van der Waals surface area (Å²) in [4.78, 5) is 2.64. The van der Waals surface area contributed by atoms with Crippen LogP contribution >= 0.6 is 24.8 Å². The summed E-state index contributed by atoms with van der Waals surface area (Å²) < 4.78 is 11.7. The van der Waals surface area contributed by atoms with Crippen LogP contribution in [-0.4, -0.2) is 38.2 Å². The van der Waals surface area contributed by atoms with Gasteiger partial charge in [-0.3, -0.25) is 4.90 Å². The lowest BCUT2D eigenvalue weighted by molar-refractivity contribution is 0.160. The molecule has 2 fully saturated rings. The lowest BCUT2D eigenvalue weighted by Gasteiger charge is -2.35. The molecular weight excluding hydrogens is 407 g/mol. The Morgan fingerprint density at radius 3 is 2.38 bits per heavy atom. The van der Waals surface area contributed by atoms with Gasteiger partial charge in [-0.25, -0.2) is 0 Å². The second-order valence-electron chi connectivity index (χ2n) is 7.67. The molecule has 1 aliphatic carbocycles. The highest BCUT2D eigenvalue weighted by molar-refractivity contribution is 5.85. The van der Waals surface area contributed by atoms with Crippen molar-refractivity contribution >= 4 is 24.8 Å². The SMILES string of the molecule is COc1ccc([C@@H](CC2CC2)N2CCNCC2)cc1OCc1ccccc1.Cl.Cl. The van der Waals surface area contributed by atoms with Crippen molar-refractivity contribution in [3.63, 3.8) is 0 Å². The van der Waals surface area contributed by atoms with Crippen LogP contribution in [0.25, 0.3) is 0 Å². The number of nitrogens with zero attached hydrogens (tertiary/aromatic N) is 1. The Morgan fingerprint density at radius 1 is 1.00 bits per heavy atom. The first-order chi connectivity index (χ1) is 13.3. The van der Waals surface area contributed by atoms with Crippen LogP contribution in [0.2, 0.25) is 0 Å². The number of rotatable bonds is 8. The van der Waals surface area contributed by atoms with Crippen molar-refractivity contribution in [1.29, 1.82) is 0 Å². The van der Waals surface area contributed by atoms with Crippen molar-refractivity contribution in [2.45, 2.75) is 31.9 Å². The molecule has 0 aromatic heterocycles. The first-order valence-corrected chi connectivity index (χ1v) is 10.1. The molecule has 2 aromatic rings. The highest BCUT2D eigenvalue weighted by atomic mass is 35.5. The van der Waals surface area contributed by atoms with Gasteiger partial charge in [0.1, 0.15) is 6.61 Å². The zero-order valence-electron chi connectivity index (χ0n) is 17.0. The maximum atomic E-state index is 6.16. The van der Waals surface area contributed by atoms with Gasteiger partial charge in [0.25, 0.3) is 0 Å². The van der Waals surface area contributed by atoms with E-state index in [9.17, 15) is 0 Å². The van der Waals surface area contributed by atoms with E-state index in [1.807, 2.05) is 18.2 Å². The molecule has 29 heavy (non-hydrogen) atoms. The van der Waals surface area contributed by atoms with E-state index in [0.717, 1.165) is 43.6 Å². The first-order valence-electron chi connectivity index (χ1n) is 10.1. The Morgan fingerprint density at radius 2 is 1.72 bits per heavy atom. The van der Waals surface area contributed by atoms with Crippen molar-refractivity contribution in [2.24, 2.45) is 5.92 Å². The van der Waals surface area contributed by atoms with Crippen LogP contribution in [-0.2, 0) is 6.61 Å². The van der Waals surface area contributed by atoms with E-state index in [0.29, 0.717) is 12.6 Å². The summed E-state index contributed by atoms with van der Waals surface area (Å²) in [6.07, 6.45) is 4.02.